The summed E-state index contributed by atoms with van der Waals surface area (Å²) in [4.78, 5) is 37.3. The van der Waals surface area contributed by atoms with Gasteiger partial charge < -0.3 is 10.2 Å². The van der Waals surface area contributed by atoms with Gasteiger partial charge in [0, 0.05) is 24.3 Å². The molecule has 1 aromatic carbocycles. The number of nitrogens with one attached hydrogen (secondary N) is 1. The highest BCUT2D eigenvalue weighted by Gasteiger charge is 2.21. The summed E-state index contributed by atoms with van der Waals surface area (Å²) in [6.45, 7) is 1.51. The molecule has 2 amide bonds. The molecule has 0 saturated heterocycles. The van der Waals surface area contributed by atoms with E-state index in [0.29, 0.717) is 23.0 Å². The van der Waals surface area contributed by atoms with E-state index >= 15 is 0 Å². The fourth-order valence-corrected chi connectivity index (χ4v) is 3.73. The lowest BCUT2D eigenvalue weighted by molar-refractivity contribution is -0.129. The predicted molar refractivity (Wildman–Crippen MR) is 102 cm³/mol. The number of benzene rings is 1. The van der Waals surface area contributed by atoms with Gasteiger partial charge in [-0.05, 0) is 44.0 Å². The Morgan fingerprint density at radius 3 is 2.32 bits per heavy atom. The molecule has 1 aliphatic carbocycles. The van der Waals surface area contributed by atoms with Crippen molar-refractivity contribution in [3.05, 3.63) is 29.8 Å². The summed E-state index contributed by atoms with van der Waals surface area (Å²) in [5.41, 5.74) is 1.27. The molecule has 1 saturated carbocycles. The number of rotatable bonds is 7. The van der Waals surface area contributed by atoms with Gasteiger partial charge in [-0.25, -0.2) is 0 Å². The van der Waals surface area contributed by atoms with Crippen molar-refractivity contribution < 1.29 is 14.4 Å². The van der Waals surface area contributed by atoms with Crippen LogP contribution in [0.15, 0.2) is 24.3 Å². The van der Waals surface area contributed by atoms with Crippen molar-refractivity contribution in [1.29, 1.82) is 0 Å². The Bertz CT molecular complexity index is 610. The SMILES string of the molecule is CC(=O)c1ccc(NC(=O)CSCC(=O)N(C)C2CCCCC2)cc1. The third-order valence-electron chi connectivity index (χ3n) is 4.55. The van der Waals surface area contributed by atoms with Crippen molar-refractivity contribution in [2.24, 2.45) is 0 Å². The van der Waals surface area contributed by atoms with Crippen molar-refractivity contribution in [1.82, 2.24) is 4.90 Å². The molecule has 5 nitrogen and oxygen atoms in total. The molecule has 1 aliphatic rings. The predicted octanol–water partition coefficient (Wildman–Crippen LogP) is 3.35. The second-order valence-electron chi connectivity index (χ2n) is 6.47. The fourth-order valence-electron chi connectivity index (χ4n) is 2.99. The molecule has 0 radical (unpaired) electrons. The Hall–Kier alpha value is -1.82. The zero-order valence-electron chi connectivity index (χ0n) is 14.9. The van der Waals surface area contributed by atoms with E-state index in [-0.39, 0.29) is 23.4 Å². The Balaban J connectivity index is 1.70. The van der Waals surface area contributed by atoms with E-state index in [2.05, 4.69) is 5.32 Å². The first-order valence-electron chi connectivity index (χ1n) is 8.71. The lowest BCUT2D eigenvalue weighted by Crippen LogP contribution is -2.39. The number of hydrogen-bond acceptors (Lipinski definition) is 4. The second-order valence-corrected chi connectivity index (χ2v) is 7.46. The van der Waals surface area contributed by atoms with Gasteiger partial charge in [0.2, 0.25) is 11.8 Å². The van der Waals surface area contributed by atoms with Crippen LogP contribution in [0.3, 0.4) is 0 Å². The molecule has 25 heavy (non-hydrogen) atoms. The molecule has 1 N–H and O–H groups in total. The van der Waals surface area contributed by atoms with Crippen LogP contribution in [-0.2, 0) is 9.59 Å². The highest BCUT2D eigenvalue weighted by Crippen LogP contribution is 2.22. The summed E-state index contributed by atoms with van der Waals surface area (Å²) < 4.78 is 0. The Labute approximate surface area is 153 Å². The summed E-state index contributed by atoms with van der Waals surface area (Å²) in [6, 6.07) is 7.15. The van der Waals surface area contributed by atoms with Gasteiger partial charge in [-0.15, -0.1) is 11.8 Å². The van der Waals surface area contributed by atoms with Gasteiger partial charge in [-0.3, -0.25) is 14.4 Å². The number of thioether (sulfide) groups is 1. The Morgan fingerprint density at radius 2 is 1.72 bits per heavy atom. The maximum Gasteiger partial charge on any atom is 0.234 e. The van der Waals surface area contributed by atoms with Gasteiger partial charge in [0.15, 0.2) is 5.78 Å². The van der Waals surface area contributed by atoms with Crippen LogP contribution >= 0.6 is 11.8 Å². The summed E-state index contributed by atoms with van der Waals surface area (Å²) in [5.74, 6) is 0.501. The van der Waals surface area contributed by atoms with Crippen LogP contribution in [0.2, 0.25) is 0 Å². The summed E-state index contributed by atoms with van der Waals surface area (Å²) >= 11 is 1.33. The molecule has 136 valence electrons. The molecule has 0 bridgehead atoms. The minimum absolute atomic E-state index is 0.00553. The molecule has 0 unspecified atom stereocenters. The average Bonchev–Trinajstić information content (AvgIpc) is 2.62. The van der Waals surface area contributed by atoms with E-state index in [4.69, 9.17) is 0 Å². The zero-order chi connectivity index (χ0) is 18.2. The average molecular weight is 362 g/mol. The first-order chi connectivity index (χ1) is 12.0. The van der Waals surface area contributed by atoms with Crippen LogP contribution in [-0.4, -0.2) is 47.1 Å². The van der Waals surface area contributed by atoms with Crippen LogP contribution in [0.1, 0.15) is 49.4 Å². The van der Waals surface area contributed by atoms with Gasteiger partial charge in [0.1, 0.15) is 0 Å². The van der Waals surface area contributed by atoms with Crippen LogP contribution in [0.4, 0.5) is 5.69 Å². The van der Waals surface area contributed by atoms with Crippen LogP contribution in [0, 0.1) is 0 Å². The first kappa shape index (κ1) is 19.5. The smallest absolute Gasteiger partial charge is 0.234 e. The van der Waals surface area contributed by atoms with Crippen LogP contribution < -0.4 is 5.32 Å². The highest BCUT2D eigenvalue weighted by molar-refractivity contribution is 8.00. The number of nitrogens with zero attached hydrogens (tertiary/aromatic N) is 1. The van der Waals surface area contributed by atoms with Gasteiger partial charge in [0.25, 0.3) is 0 Å². The molecule has 0 heterocycles. The monoisotopic (exact) mass is 362 g/mol. The molecule has 0 aliphatic heterocycles. The van der Waals surface area contributed by atoms with Crippen LogP contribution in [0.25, 0.3) is 0 Å². The summed E-state index contributed by atoms with van der Waals surface area (Å²) in [7, 11) is 1.87. The number of carbonyl (C=O) groups excluding carboxylic acids is 3. The number of Topliss-reactive ketones (excluding diaryl/α,β-unsaturated/α-hetero) is 1. The standard InChI is InChI=1S/C19H26N2O3S/c1-14(22)15-8-10-16(11-9-15)20-18(23)12-25-13-19(24)21(2)17-6-4-3-5-7-17/h8-11,17H,3-7,12-13H2,1-2H3,(H,20,23). The normalized spacial score (nSPS) is 14.8. The van der Waals surface area contributed by atoms with E-state index in [0.717, 1.165) is 12.8 Å². The molecule has 1 aromatic rings. The highest BCUT2D eigenvalue weighted by atomic mass is 32.2. The van der Waals surface area contributed by atoms with Crippen molar-refractivity contribution in [3.63, 3.8) is 0 Å². The summed E-state index contributed by atoms with van der Waals surface area (Å²) in [6.07, 6.45) is 5.83. The van der Waals surface area contributed by atoms with Gasteiger partial charge in [-0.1, -0.05) is 19.3 Å². The zero-order valence-corrected chi connectivity index (χ0v) is 15.7. The van der Waals surface area contributed by atoms with E-state index < -0.39 is 0 Å². The Kier molecular flexibility index (Phi) is 7.50. The second kappa shape index (κ2) is 9.61. The van der Waals surface area contributed by atoms with E-state index in [1.807, 2.05) is 11.9 Å². The minimum Gasteiger partial charge on any atom is -0.342 e. The third-order valence-corrected chi connectivity index (χ3v) is 5.47. The first-order valence-corrected chi connectivity index (χ1v) is 9.87. The van der Waals surface area contributed by atoms with Crippen molar-refractivity contribution in [2.75, 3.05) is 23.9 Å². The number of carbonyl (C=O) groups is 3. The molecule has 0 aromatic heterocycles. The third kappa shape index (κ3) is 6.20. The van der Waals surface area contributed by atoms with Gasteiger partial charge in [0.05, 0.1) is 11.5 Å². The summed E-state index contributed by atoms with van der Waals surface area (Å²) in [5, 5.41) is 2.78. The van der Waals surface area contributed by atoms with Crippen molar-refractivity contribution in [3.8, 4) is 0 Å². The number of amides is 2. The number of hydrogen-bond donors (Lipinski definition) is 1. The minimum atomic E-state index is -0.145. The van der Waals surface area contributed by atoms with Crippen molar-refractivity contribution >= 4 is 35.0 Å². The topological polar surface area (TPSA) is 66.5 Å². The lowest BCUT2D eigenvalue weighted by atomic mass is 9.94. The maximum absolute atomic E-state index is 12.2. The molecule has 2 rings (SSSR count). The van der Waals surface area contributed by atoms with E-state index in [1.165, 1.54) is 37.9 Å². The van der Waals surface area contributed by atoms with E-state index in [9.17, 15) is 14.4 Å². The molecule has 1 fully saturated rings. The number of anilines is 1. The molecular formula is C19H26N2O3S. The quantitative estimate of drug-likeness (QED) is 0.756. The van der Waals surface area contributed by atoms with E-state index in [1.54, 1.807) is 24.3 Å². The van der Waals surface area contributed by atoms with Gasteiger partial charge in [-0.2, -0.15) is 0 Å². The molecule has 0 spiro atoms. The van der Waals surface area contributed by atoms with Gasteiger partial charge >= 0.3 is 0 Å². The molecular weight excluding hydrogens is 336 g/mol. The maximum atomic E-state index is 12.2. The van der Waals surface area contributed by atoms with Crippen molar-refractivity contribution in [2.45, 2.75) is 45.1 Å². The lowest BCUT2D eigenvalue weighted by Gasteiger charge is -2.31. The van der Waals surface area contributed by atoms with Crippen LogP contribution in [0.5, 0.6) is 0 Å². The fraction of sp³-hybridized carbons (Fsp3) is 0.526. The largest absolute Gasteiger partial charge is 0.342 e. The number of ketones is 1. The molecule has 0 atom stereocenters. The molecule has 6 heteroatoms. The Morgan fingerprint density at radius 1 is 1.08 bits per heavy atom.